The molecule has 2 rings (SSSR count). The quantitative estimate of drug-likeness (QED) is 0.793. The van der Waals surface area contributed by atoms with Crippen molar-refractivity contribution < 1.29 is 13.2 Å². The molecule has 0 unspecified atom stereocenters. The lowest BCUT2D eigenvalue weighted by molar-refractivity contribution is -0.121. The van der Waals surface area contributed by atoms with Crippen LogP contribution < -0.4 is 5.32 Å². The molecule has 1 aromatic carbocycles. The molecule has 0 aliphatic heterocycles. The summed E-state index contributed by atoms with van der Waals surface area (Å²) in [4.78, 5) is 16.1. The fourth-order valence-electron chi connectivity index (χ4n) is 2.44. The van der Waals surface area contributed by atoms with Crippen LogP contribution >= 0.6 is 0 Å². The molecule has 23 heavy (non-hydrogen) atoms. The second kappa shape index (κ2) is 7.59. The largest absolute Gasteiger partial charge is 0.355 e. The van der Waals surface area contributed by atoms with Crippen molar-refractivity contribution in [2.45, 2.75) is 26.8 Å². The van der Waals surface area contributed by atoms with Gasteiger partial charge in [-0.25, -0.2) is 13.4 Å². The van der Waals surface area contributed by atoms with Gasteiger partial charge in [-0.1, -0.05) is 26.0 Å². The molecule has 0 saturated carbocycles. The molecule has 0 saturated heterocycles. The van der Waals surface area contributed by atoms with Crippen LogP contribution in [0.4, 0.5) is 0 Å². The monoisotopic (exact) mass is 337 g/mol. The first kappa shape index (κ1) is 17.5. The molecule has 1 amide bonds. The molecule has 0 atom stereocenters. The average Bonchev–Trinajstić information content (AvgIpc) is 2.86. The fraction of sp³-hybridized carbons (Fsp3) is 0.500. The van der Waals surface area contributed by atoms with Gasteiger partial charge in [0, 0.05) is 19.5 Å². The van der Waals surface area contributed by atoms with Gasteiger partial charge in [0.2, 0.25) is 5.91 Å². The van der Waals surface area contributed by atoms with Crippen LogP contribution in [0.2, 0.25) is 0 Å². The lowest BCUT2D eigenvalue weighted by atomic mass is 10.3. The first-order chi connectivity index (χ1) is 10.9. The van der Waals surface area contributed by atoms with E-state index < -0.39 is 9.84 Å². The summed E-state index contributed by atoms with van der Waals surface area (Å²) < 4.78 is 25.4. The summed E-state index contributed by atoms with van der Waals surface area (Å²) >= 11 is 0. The number of benzene rings is 1. The molecule has 1 heterocycles. The highest BCUT2D eigenvalue weighted by Gasteiger charge is 2.13. The number of carbonyl (C=O) groups is 1. The summed E-state index contributed by atoms with van der Waals surface area (Å²) in [5.41, 5.74) is 1.88. The van der Waals surface area contributed by atoms with Crippen molar-refractivity contribution >= 4 is 26.8 Å². The summed E-state index contributed by atoms with van der Waals surface area (Å²) in [5.74, 6) is 0.0993. The molecular formula is C16H23N3O3S. The van der Waals surface area contributed by atoms with Crippen molar-refractivity contribution in [1.29, 1.82) is 0 Å². The highest BCUT2D eigenvalue weighted by Crippen LogP contribution is 2.11. The Morgan fingerprint density at radius 3 is 2.78 bits per heavy atom. The Balaban J connectivity index is 1.77. The Morgan fingerprint density at radius 2 is 2.04 bits per heavy atom. The molecule has 0 spiro atoms. The zero-order valence-corrected chi connectivity index (χ0v) is 14.3. The summed E-state index contributed by atoms with van der Waals surface area (Å²) in [5, 5.41) is 2.67. The highest BCUT2D eigenvalue weighted by atomic mass is 32.2. The highest BCUT2D eigenvalue weighted by molar-refractivity contribution is 7.91. The maximum atomic E-state index is 11.8. The maximum Gasteiger partial charge on any atom is 0.221 e. The zero-order chi connectivity index (χ0) is 16.9. The third kappa shape index (κ3) is 5.35. The van der Waals surface area contributed by atoms with Gasteiger partial charge in [-0.2, -0.15) is 0 Å². The number of sulfone groups is 1. The topological polar surface area (TPSA) is 81.1 Å². The molecule has 0 aliphatic carbocycles. The van der Waals surface area contributed by atoms with Crippen molar-refractivity contribution in [1.82, 2.24) is 14.9 Å². The SMILES string of the molecule is CC(C)CS(=O)(=O)CCNC(=O)CCn1cnc2ccccc21. The molecule has 0 bridgehead atoms. The Morgan fingerprint density at radius 1 is 1.30 bits per heavy atom. The predicted molar refractivity (Wildman–Crippen MR) is 90.9 cm³/mol. The number of nitrogens with zero attached hydrogens (tertiary/aromatic N) is 2. The van der Waals surface area contributed by atoms with Crippen molar-refractivity contribution in [3.05, 3.63) is 30.6 Å². The van der Waals surface area contributed by atoms with E-state index in [4.69, 9.17) is 0 Å². The summed E-state index contributed by atoms with van der Waals surface area (Å²) in [6.45, 7) is 4.42. The number of imidazole rings is 1. The minimum atomic E-state index is -3.09. The molecule has 7 heteroatoms. The number of amides is 1. The zero-order valence-electron chi connectivity index (χ0n) is 13.5. The number of rotatable bonds is 8. The lowest BCUT2D eigenvalue weighted by Crippen LogP contribution is -2.31. The van der Waals surface area contributed by atoms with Gasteiger partial charge in [-0.3, -0.25) is 4.79 Å². The van der Waals surface area contributed by atoms with Gasteiger partial charge in [0.1, 0.15) is 0 Å². The minimum absolute atomic E-state index is 0.00900. The third-order valence-corrected chi connectivity index (χ3v) is 5.43. The molecular weight excluding hydrogens is 314 g/mol. The van der Waals surface area contributed by atoms with Gasteiger partial charge < -0.3 is 9.88 Å². The van der Waals surface area contributed by atoms with Gasteiger partial charge in [0.05, 0.1) is 28.9 Å². The Hall–Kier alpha value is -1.89. The van der Waals surface area contributed by atoms with Crippen LogP contribution in [0.3, 0.4) is 0 Å². The normalized spacial score (nSPS) is 12.0. The van der Waals surface area contributed by atoms with Crippen LogP contribution in [0.25, 0.3) is 11.0 Å². The number of hydrogen-bond donors (Lipinski definition) is 1. The molecule has 6 nitrogen and oxygen atoms in total. The number of fused-ring (bicyclic) bond motifs is 1. The second-order valence-corrected chi connectivity index (χ2v) is 8.26. The molecule has 0 radical (unpaired) electrons. The van der Waals surface area contributed by atoms with Gasteiger partial charge in [0.25, 0.3) is 0 Å². The molecule has 1 aromatic heterocycles. The number of nitrogens with one attached hydrogen (secondary N) is 1. The smallest absolute Gasteiger partial charge is 0.221 e. The molecule has 0 aliphatic rings. The standard InChI is InChI=1S/C16H23N3O3S/c1-13(2)11-23(21,22)10-8-17-16(20)7-9-19-12-18-14-5-3-4-6-15(14)19/h3-6,12-13H,7-11H2,1-2H3,(H,17,20). The van der Waals surface area contributed by atoms with Gasteiger partial charge in [0.15, 0.2) is 9.84 Å². The second-order valence-electron chi connectivity index (χ2n) is 6.03. The van der Waals surface area contributed by atoms with Crippen LogP contribution in [0.5, 0.6) is 0 Å². The number of aryl methyl sites for hydroxylation is 1. The van der Waals surface area contributed by atoms with Gasteiger partial charge >= 0.3 is 0 Å². The Labute approximate surface area is 136 Å². The van der Waals surface area contributed by atoms with Crippen molar-refractivity contribution in [2.75, 3.05) is 18.1 Å². The van der Waals surface area contributed by atoms with Crippen molar-refractivity contribution in [3.8, 4) is 0 Å². The lowest BCUT2D eigenvalue weighted by Gasteiger charge is -2.09. The van der Waals surface area contributed by atoms with Crippen molar-refractivity contribution in [2.24, 2.45) is 5.92 Å². The van der Waals surface area contributed by atoms with E-state index in [0.717, 1.165) is 11.0 Å². The van der Waals surface area contributed by atoms with E-state index >= 15 is 0 Å². The number of carbonyl (C=O) groups excluding carboxylic acids is 1. The number of para-hydroxylation sites is 2. The van der Waals surface area contributed by atoms with Crippen LogP contribution in [0.1, 0.15) is 20.3 Å². The van der Waals surface area contributed by atoms with Gasteiger partial charge in [-0.05, 0) is 18.1 Å². The predicted octanol–water partition coefficient (Wildman–Crippen LogP) is 1.61. The van der Waals surface area contributed by atoms with E-state index in [9.17, 15) is 13.2 Å². The van der Waals surface area contributed by atoms with Crippen molar-refractivity contribution in [3.63, 3.8) is 0 Å². The van der Waals surface area contributed by atoms with E-state index in [0.29, 0.717) is 13.0 Å². The summed E-state index contributed by atoms with van der Waals surface area (Å²) in [7, 11) is -3.09. The van der Waals surface area contributed by atoms with Gasteiger partial charge in [-0.15, -0.1) is 0 Å². The maximum absolute atomic E-state index is 11.8. The number of hydrogen-bond acceptors (Lipinski definition) is 4. The minimum Gasteiger partial charge on any atom is -0.355 e. The molecule has 2 aromatic rings. The number of aromatic nitrogens is 2. The molecule has 126 valence electrons. The Kier molecular flexibility index (Phi) is 5.76. The van der Waals surface area contributed by atoms with E-state index in [-0.39, 0.29) is 29.9 Å². The van der Waals surface area contributed by atoms with Crippen LogP contribution in [-0.4, -0.2) is 41.9 Å². The van der Waals surface area contributed by atoms with Crippen LogP contribution in [0.15, 0.2) is 30.6 Å². The van der Waals surface area contributed by atoms with E-state index in [2.05, 4.69) is 10.3 Å². The van der Waals surface area contributed by atoms with E-state index in [1.807, 2.05) is 42.7 Å². The summed E-state index contributed by atoms with van der Waals surface area (Å²) in [6.07, 6.45) is 2.01. The average molecular weight is 337 g/mol. The summed E-state index contributed by atoms with van der Waals surface area (Å²) in [6, 6.07) is 7.73. The van der Waals surface area contributed by atoms with E-state index in [1.54, 1.807) is 6.33 Å². The van der Waals surface area contributed by atoms with E-state index in [1.165, 1.54) is 0 Å². The third-order valence-electron chi connectivity index (χ3n) is 3.43. The first-order valence-corrected chi connectivity index (χ1v) is 9.56. The van der Waals surface area contributed by atoms with Crippen LogP contribution in [-0.2, 0) is 21.2 Å². The first-order valence-electron chi connectivity index (χ1n) is 7.74. The Bertz CT molecular complexity index is 766. The molecule has 1 N–H and O–H groups in total. The fourth-order valence-corrected chi connectivity index (χ4v) is 4.03. The van der Waals surface area contributed by atoms with Crippen LogP contribution in [0, 0.1) is 5.92 Å². The molecule has 0 fully saturated rings.